The molecule has 1 heterocycles. The number of ether oxygens (including phenoxy) is 1. The summed E-state index contributed by atoms with van der Waals surface area (Å²) in [4.78, 5) is 12.6. The van der Waals surface area contributed by atoms with Gasteiger partial charge in [0.05, 0.1) is 18.8 Å². The molecule has 2 N–H and O–H groups in total. The average molecular weight is 356 g/mol. The minimum absolute atomic E-state index is 0.0417. The highest BCUT2D eigenvalue weighted by Crippen LogP contribution is 2.44. The van der Waals surface area contributed by atoms with Gasteiger partial charge in [-0.1, -0.05) is 37.1 Å². The van der Waals surface area contributed by atoms with Crippen LogP contribution in [0.5, 0.6) is 0 Å². The number of likely N-dealkylation sites (tertiary alicyclic amines) is 1. The number of amides is 1. The van der Waals surface area contributed by atoms with E-state index in [2.05, 4.69) is 6.92 Å². The molecule has 1 atom stereocenters. The molecule has 0 saturated carbocycles. The molecule has 1 aromatic rings. The van der Waals surface area contributed by atoms with Gasteiger partial charge >= 0.3 is 6.09 Å². The van der Waals surface area contributed by atoms with Crippen molar-refractivity contribution in [2.75, 3.05) is 26.3 Å². The Morgan fingerprint density at radius 2 is 2.12 bits per heavy atom. The first-order valence-corrected chi connectivity index (χ1v) is 8.90. The van der Waals surface area contributed by atoms with E-state index in [9.17, 15) is 9.90 Å². The lowest BCUT2D eigenvalue weighted by atomic mass is 9.73. The highest BCUT2D eigenvalue weighted by Gasteiger charge is 2.42. The first-order valence-electron chi connectivity index (χ1n) is 8.52. The summed E-state index contributed by atoms with van der Waals surface area (Å²) >= 11 is 6.20. The number of aliphatic hydroxyl groups excluding tert-OH is 1. The molecule has 0 aromatic heterocycles. The summed E-state index contributed by atoms with van der Waals surface area (Å²) in [6, 6.07) is 7.69. The molecular weight excluding hydrogens is 330 g/mol. The van der Waals surface area contributed by atoms with Crippen LogP contribution in [0.1, 0.15) is 38.2 Å². The Balaban J connectivity index is 2.32. The molecule has 134 valence electrons. The van der Waals surface area contributed by atoms with Gasteiger partial charge in [0.2, 0.25) is 0 Å². The molecule has 5 nitrogen and oxygen atoms in total. The van der Waals surface area contributed by atoms with Crippen LogP contribution < -0.4 is 0 Å². The quantitative estimate of drug-likeness (QED) is 0.781. The Morgan fingerprint density at radius 1 is 1.42 bits per heavy atom. The summed E-state index contributed by atoms with van der Waals surface area (Å²) in [6.07, 6.45) is 2.35. The summed E-state index contributed by atoms with van der Waals surface area (Å²) in [5.74, 6) is 0.193. The van der Waals surface area contributed by atoms with E-state index in [4.69, 9.17) is 21.4 Å². The van der Waals surface area contributed by atoms with Crippen LogP contribution in [0.3, 0.4) is 0 Å². The maximum atomic E-state index is 11.2. The van der Waals surface area contributed by atoms with Crippen molar-refractivity contribution in [2.45, 2.75) is 38.2 Å². The monoisotopic (exact) mass is 355 g/mol. The Hall–Kier alpha value is -1.30. The second-order valence-electron chi connectivity index (χ2n) is 6.27. The number of halogens is 1. The standard InChI is InChI=1S/C18H26ClNO4/c1-2-8-18(24-12-11-21,15-4-3-5-16(19)13-15)14-6-9-20(10-7-14)17(22)23/h3-5,13-14,21H,2,6-12H2,1H3,(H,22,23)/t18-/m1/s1. The van der Waals surface area contributed by atoms with E-state index in [0.717, 1.165) is 31.2 Å². The van der Waals surface area contributed by atoms with Crippen LogP contribution in [0.2, 0.25) is 5.02 Å². The van der Waals surface area contributed by atoms with Gasteiger partial charge in [-0.3, -0.25) is 0 Å². The topological polar surface area (TPSA) is 70.0 Å². The smallest absolute Gasteiger partial charge is 0.407 e. The van der Waals surface area contributed by atoms with Crippen molar-refractivity contribution in [3.05, 3.63) is 34.9 Å². The van der Waals surface area contributed by atoms with Gasteiger partial charge in [0.1, 0.15) is 0 Å². The van der Waals surface area contributed by atoms with Gasteiger partial charge in [-0.2, -0.15) is 0 Å². The SMILES string of the molecule is CCC[C@](OCCO)(c1cccc(Cl)c1)C1CCN(C(=O)O)CC1. The highest BCUT2D eigenvalue weighted by molar-refractivity contribution is 6.30. The highest BCUT2D eigenvalue weighted by atomic mass is 35.5. The van der Waals surface area contributed by atoms with Crippen molar-refractivity contribution in [3.8, 4) is 0 Å². The third-order valence-corrected chi connectivity index (χ3v) is 5.05. The molecule has 1 saturated heterocycles. The molecule has 2 rings (SSSR count). The molecule has 0 aliphatic carbocycles. The Morgan fingerprint density at radius 3 is 2.67 bits per heavy atom. The minimum Gasteiger partial charge on any atom is -0.465 e. The van der Waals surface area contributed by atoms with Gasteiger partial charge in [0.15, 0.2) is 0 Å². The van der Waals surface area contributed by atoms with Crippen LogP contribution in [-0.4, -0.2) is 47.5 Å². The third kappa shape index (κ3) is 4.21. The van der Waals surface area contributed by atoms with Crippen LogP contribution in [0.4, 0.5) is 4.79 Å². The normalized spacial score (nSPS) is 18.4. The number of carbonyl (C=O) groups is 1. The zero-order valence-corrected chi connectivity index (χ0v) is 14.8. The van der Waals surface area contributed by atoms with Crippen LogP contribution >= 0.6 is 11.6 Å². The van der Waals surface area contributed by atoms with Crippen molar-refractivity contribution in [1.82, 2.24) is 4.90 Å². The van der Waals surface area contributed by atoms with Crippen molar-refractivity contribution >= 4 is 17.7 Å². The molecule has 1 amide bonds. The predicted molar refractivity (Wildman–Crippen MR) is 93.4 cm³/mol. The number of aliphatic hydroxyl groups is 1. The second kappa shape index (κ2) is 8.70. The third-order valence-electron chi connectivity index (χ3n) is 4.81. The lowest BCUT2D eigenvalue weighted by Gasteiger charge is -2.44. The fourth-order valence-corrected chi connectivity index (χ4v) is 3.94. The average Bonchev–Trinajstić information content (AvgIpc) is 2.59. The number of piperidine rings is 1. The van der Waals surface area contributed by atoms with Crippen LogP contribution in [-0.2, 0) is 10.3 Å². The number of benzene rings is 1. The van der Waals surface area contributed by atoms with Crippen LogP contribution in [0.15, 0.2) is 24.3 Å². The van der Waals surface area contributed by atoms with E-state index in [1.54, 1.807) is 0 Å². The first-order chi connectivity index (χ1) is 11.5. The van der Waals surface area contributed by atoms with E-state index in [0.29, 0.717) is 18.1 Å². The molecule has 0 spiro atoms. The summed E-state index contributed by atoms with van der Waals surface area (Å²) < 4.78 is 6.22. The maximum Gasteiger partial charge on any atom is 0.407 e. The second-order valence-corrected chi connectivity index (χ2v) is 6.70. The fraction of sp³-hybridized carbons (Fsp3) is 0.611. The zero-order chi connectivity index (χ0) is 17.6. The molecular formula is C18H26ClNO4. The predicted octanol–water partition coefficient (Wildman–Crippen LogP) is 3.73. The molecule has 0 unspecified atom stereocenters. The zero-order valence-electron chi connectivity index (χ0n) is 14.1. The van der Waals surface area contributed by atoms with Gasteiger partial charge in [0.25, 0.3) is 0 Å². The molecule has 0 bridgehead atoms. The summed E-state index contributed by atoms with van der Waals surface area (Å²) in [6.45, 7) is 3.34. The fourth-order valence-electron chi connectivity index (χ4n) is 3.75. The van der Waals surface area contributed by atoms with Gasteiger partial charge < -0.3 is 19.8 Å². The summed E-state index contributed by atoms with van der Waals surface area (Å²) in [5, 5.41) is 19.1. The number of carboxylic acid groups (broad SMARTS) is 1. The number of rotatable bonds is 7. The first kappa shape index (κ1) is 19.0. The Kier molecular flexibility index (Phi) is 6.90. The summed E-state index contributed by atoms with van der Waals surface area (Å²) in [5.41, 5.74) is 0.478. The molecule has 6 heteroatoms. The van der Waals surface area contributed by atoms with E-state index < -0.39 is 11.7 Å². The molecule has 1 aromatic carbocycles. The Bertz CT molecular complexity index is 546. The van der Waals surface area contributed by atoms with Gasteiger partial charge in [-0.25, -0.2) is 4.79 Å². The lowest BCUT2D eigenvalue weighted by molar-refractivity contribution is -0.120. The minimum atomic E-state index is -0.867. The van der Waals surface area contributed by atoms with Gasteiger partial charge in [-0.15, -0.1) is 0 Å². The van der Waals surface area contributed by atoms with E-state index in [1.807, 2.05) is 24.3 Å². The van der Waals surface area contributed by atoms with Crippen LogP contribution in [0.25, 0.3) is 0 Å². The molecule has 1 aliphatic rings. The van der Waals surface area contributed by atoms with Crippen LogP contribution in [0, 0.1) is 5.92 Å². The van der Waals surface area contributed by atoms with Crippen molar-refractivity contribution < 1.29 is 19.7 Å². The Labute approximate surface area is 148 Å². The largest absolute Gasteiger partial charge is 0.465 e. The van der Waals surface area contributed by atoms with Crippen molar-refractivity contribution in [2.24, 2.45) is 5.92 Å². The number of hydrogen-bond donors (Lipinski definition) is 2. The van der Waals surface area contributed by atoms with Crippen molar-refractivity contribution in [1.29, 1.82) is 0 Å². The van der Waals surface area contributed by atoms with E-state index in [-0.39, 0.29) is 19.1 Å². The summed E-state index contributed by atoms with van der Waals surface area (Å²) in [7, 11) is 0. The van der Waals surface area contributed by atoms with E-state index in [1.165, 1.54) is 4.90 Å². The molecule has 24 heavy (non-hydrogen) atoms. The molecule has 1 fully saturated rings. The van der Waals surface area contributed by atoms with Crippen molar-refractivity contribution in [3.63, 3.8) is 0 Å². The lowest BCUT2D eigenvalue weighted by Crippen LogP contribution is -2.46. The molecule has 1 aliphatic heterocycles. The number of nitrogens with zero attached hydrogens (tertiary/aromatic N) is 1. The molecule has 0 radical (unpaired) electrons. The van der Waals surface area contributed by atoms with Gasteiger partial charge in [0, 0.05) is 18.1 Å². The maximum absolute atomic E-state index is 11.2. The number of hydrogen-bond acceptors (Lipinski definition) is 3. The van der Waals surface area contributed by atoms with Gasteiger partial charge in [-0.05, 0) is 42.9 Å². The van der Waals surface area contributed by atoms with E-state index >= 15 is 0 Å².